The Bertz CT molecular complexity index is 660. The molecule has 3 rings (SSSR count). The van der Waals surface area contributed by atoms with Gasteiger partial charge in [-0.25, -0.2) is 0 Å². The molecule has 2 fully saturated rings. The summed E-state index contributed by atoms with van der Waals surface area (Å²) in [4.78, 5) is 12.6. The van der Waals surface area contributed by atoms with Crippen molar-refractivity contribution in [1.82, 2.24) is 5.32 Å². The molecule has 0 heterocycles. The molecule has 2 aliphatic carbocycles. The van der Waals surface area contributed by atoms with E-state index < -0.39 is 17.2 Å². The van der Waals surface area contributed by atoms with Gasteiger partial charge in [0.2, 0.25) is 5.91 Å². The first kappa shape index (κ1) is 17.8. The second-order valence-corrected chi connectivity index (χ2v) is 7.25. The molecule has 0 aliphatic heterocycles. The smallest absolute Gasteiger partial charge is 0.352 e. The van der Waals surface area contributed by atoms with E-state index in [2.05, 4.69) is 11.2 Å². The number of hydrogen-bond acceptors (Lipinski definition) is 1. The zero-order valence-corrected chi connectivity index (χ0v) is 14.0. The van der Waals surface area contributed by atoms with Crippen LogP contribution in [0, 0.1) is 17.8 Å². The van der Waals surface area contributed by atoms with E-state index in [1.54, 1.807) is 0 Å². The third kappa shape index (κ3) is 3.68. The lowest BCUT2D eigenvalue weighted by atomic mass is 9.72. The van der Waals surface area contributed by atoms with Gasteiger partial charge in [0, 0.05) is 6.04 Å². The Hall–Kier alpha value is -1.96. The fourth-order valence-electron chi connectivity index (χ4n) is 3.87. The number of hydrogen-bond donors (Lipinski definition) is 1. The summed E-state index contributed by atoms with van der Waals surface area (Å²) in [6.45, 7) is 0. The Morgan fingerprint density at radius 3 is 2.24 bits per heavy atom. The highest BCUT2D eigenvalue weighted by Gasteiger charge is 2.41. The van der Waals surface area contributed by atoms with E-state index in [4.69, 9.17) is 6.42 Å². The maximum Gasteiger partial charge on any atom is 0.416 e. The second kappa shape index (κ2) is 6.74. The molecule has 0 radical (unpaired) electrons. The van der Waals surface area contributed by atoms with Crippen LogP contribution in [0.4, 0.5) is 13.2 Å². The van der Waals surface area contributed by atoms with Crippen LogP contribution >= 0.6 is 0 Å². The summed E-state index contributed by atoms with van der Waals surface area (Å²) in [5.74, 6) is 2.86. The normalized spacial score (nSPS) is 25.5. The molecular weight excluding hydrogens is 327 g/mol. The second-order valence-electron chi connectivity index (χ2n) is 7.25. The minimum absolute atomic E-state index is 0.0504. The summed E-state index contributed by atoms with van der Waals surface area (Å²) in [6, 6.07) is 5.38. The molecule has 2 saturated carbocycles. The standard InChI is InChI=1S/C20H22F3NO/c1-2-19(10-4-3-5-11-19)18(25)24-17-12-15(13-17)14-6-8-16(9-7-14)20(21,22)23/h1,6-9,15,17H,3-5,10-13H2,(H,24,25). The molecule has 0 saturated heterocycles. The van der Waals surface area contributed by atoms with Crippen molar-refractivity contribution in [2.24, 2.45) is 5.41 Å². The van der Waals surface area contributed by atoms with Crippen molar-refractivity contribution in [2.75, 3.05) is 0 Å². The number of halogens is 3. The van der Waals surface area contributed by atoms with Gasteiger partial charge >= 0.3 is 6.18 Å². The van der Waals surface area contributed by atoms with E-state index >= 15 is 0 Å². The summed E-state index contributed by atoms with van der Waals surface area (Å²) in [6.07, 6.45) is 7.39. The van der Waals surface area contributed by atoms with E-state index in [9.17, 15) is 18.0 Å². The molecule has 1 aromatic rings. The first-order chi connectivity index (χ1) is 11.8. The maximum absolute atomic E-state index is 12.6. The number of rotatable bonds is 3. The van der Waals surface area contributed by atoms with Crippen molar-refractivity contribution in [2.45, 2.75) is 63.1 Å². The molecule has 0 aromatic heterocycles. The number of amides is 1. The highest BCUT2D eigenvalue weighted by atomic mass is 19.4. The van der Waals surface area contributed by atoms with Crippen molar-refractivity contribution >= 4 is 5.91 Å². The molecule has 25 heavy (non-hydrogen) atoms. The van der Waals surface area contributed by atoms with Gasteiger partial charge in [0.25, 0.3) is 0 Å². The van der Waals surface area contributed by atoms with Gasteiger partial charge in [-0.05, 0) is 49.3 Å². The first-order valence-corrected chi connectivity index (χ1v) is 8.80. The molecule has 0 spiro atoms. The monoisotopic (exact) mass is 349 g/mol. The zero-order chi connectivity index (χ0) is 18.1. The van der Waals surface area contributed by atoms with Crippen LogP contribution in [0.5, 0.6) is 0 Å². The van der Waals surface area contributed by atoms with Gasteiger partial charge in [0.05, 0.1) is 5.56 Å². The first-order valence-electron chi connectivity index (χ1n) is 8.80. The minimum Gasteiger partial charge on any atom is -0.352 e. The average Bonchev–Trinajstić information content (AvgIpc) is 2.57. The van der Waals surface area contributed by atoms with Gasteiger partial charge in [-0.15, -0.1) is 6.42 Å². The summed E-state index contributed by atoms with van der Waals surface area (Å²) >= 11 is 0. The Morgan fingerprint density at radius 2 is 1.72 bits per heavy atom. The molecule has 2 nitrogen and oxygen atoms in total. The van der Waals surface area contributed by atoms with Gasteiger partial charge in [0.1, 0.15) is 5.41 Å². The molecule has 5 heteroatoms. The minimum atomic E-state index is -4.31. The van der Waals surface area contributed by atoms with E-state index in [0.29, 0.717) is 0 Å². The third-order valence-electron chi connectivity index (χ3n) is 5.60. The summed E-state index contributed by atoms with van der Waals surface area (Å²) in [7, 11) is 0. The number of nitrogens with one attached hydrogen (secondary N) is 1. The maximum atomic E-state index is 12.6. The van der Waals surface area contributed by atoms with Crippen molar-refractivity contribution in [3.05, 3.63) is 35.4 Å². The number of carbonyl (C=O) groups is 1. The summed E-state index contributed by atoms with van der Waals surface area (Å²) in [5, 5.41) is 3.05. The lowest BCUT2D eigenvalue weighted by molar-refractivity contribution is -0.137. The van der Waals surface area contributed by atoms with Crippen molar-refractivity contribution < 1.29 is 18.0 Å². The highest BCUT2D eigenvalue weighted by molar-refractivity contribution is 5.86. The summed E-state index contributed by atoms with van der Waals surface area (Å²) in [5.41, 5.74) is -0.408. The van der Waals surface area contributed by atoms with Crippen LogP contribution in [0.1, 0.15) is 62.0 Å². The molecule has 0 atom stereocenters. The van der Waals surface area contributed by atoms with E-state index in [-0.39, 0.29) is 17.9 Å². The average molecular weight is 349 g/mol. The number of alkyl halides is 3. The third-order valence-corrected chi connectivity index (χ3v) is 5.60. The SMILES string of the molecule is C#CC1(C(=O)NC2CC(c3ccc(C(F)(F)F)cc3)C2)CCCCC1. The van der Waals surface area contributed by atoms with Gasteiger partial charge in [-0.2, -0.15) is 13.2 Å². The molecule has 1 aromatic carbocycles. The number of terminal acetylenes is 1. The Kier molecular flexibility index (Phi) is 4.81. The Labute approximate surface area is 146 Å². The van der Waals surface area contributed by atoms with Crippen LogP contribution in [0.25, 0.3) is 0 Å². The van der Waals surface area contributed by atoms with Crippen LogP contribution in [-0.2, 0) is 11.0 Å². The fraction of sp³-hybridized carbons (Fsp3) is 0.550. The Morgan fingerprint density at radius 1 is 1.12 bits per heavy atom. The van der Waals surface area contributed by atoms with E-state index in [1.807, 2.05) is 0 Å². The van der Waals surface area contributed by atoms with Gasteiger partial charge in [-0.1, -0.05) is 37.3 Å². The molecule has 0 unspecified atom stereocenters. The van der Waals surface area contributed by atoms with Crippen LogP contribution in [0.3, 0.4) is 0 Å². The molecular formula is C20H22F3NO. The largest absolute Gasteiger partial charge is 0.416 e. The summed E-state index contributed by atoms with van der Waals surface area (Å²) < 4.78 is 37.8. The predicted molar refractivity (Wildman–Crippen MR) is 89.7 cm³/mol. The van der Waals surface area contributed by atoms with Crippen LogP contribution in [-0.4, -0.2) is 11.9 Å². The van der Waals surface area contributed by atoms with Gasteiger partial charge in [-0.3, -0.25) is 4.79 Å². The topological polar surface area (TPSA) is 29.1 Å². The molecule has 1 N–H and O–H groups in total. The van der Waals surface area contributed by atoms with Crippen molar-refractivity contribution in [1.29, 1.82) is 0 Å². The van der Waals surface area contributed by atoms with Gasteiger partial charge < -0.3 is 5.32 Å². The van der Waals surface area contributed by atoms with Crippen LogP contribution in [0.15, 0.2) is 24.3 Å². The lowest BCUT2D eigenvalue weighted by Gasteiger charge is -2.39. The van der Waals surface area contributed by atoms with E-state index in [0.717, 1.165) is 62.6 Å². The molecule has 2 aliphatic rings. The van der Waals surface area contributed by atoms with E-state index in [1.165, 1.54) is 12.1 Å². The molecule has 134 valence electrons. The zero-order valence-electron chi connectivity index (χ0n) is 14.0. The number of carbonyl (C=O) groups excluding carboxylic acids is 1. The molecule has 1 amide bonds. The predicted octanol–water partition coefficient (Wildman–Crippen LogP) is 4.65. The van der Waals surface area contributed by atoms with Crippen LogP contribution < -0.4 is 5.32 Å². The van der Waals surface area contributed by atoms with Crippen molar-refractivity contribution in [3.8, 4) is 12.3 Å². The van der Waals surface area contributed by atoms with Crippen molar-refractivity contribution in [3.63, 3.8) is 0 Å². The number of benzene rings is 1. The van der Waals surface area contributed by atoms with Gasteiger partial charge in [0.15, 0.2) is 0 Å². The Balaban J connectivity index is 1.54. The lowest BCUT2D eigenvalue weighted by Crippen LogP contribution is -2.50. The quantitative estimate of drug-likeness (QED) is 0.791. The fourth-order valence-corrected chi connectivity index (χ4v) is 3.87. The highest BCUT2D eigenvalue weighted by Crippen LogP contribution is 2.40. The van der Waals surface area contributed by atoms with Crippen LogP contribution in [0.2, 0.25) is 0 Å². The molecule has 0 bridgehead atoms.